The molecule has 0 aliphatic heterocycles. The van der Waals surface area contributed by atoms with Gasteiger partial charge in [0.05, 0.1) is 0 Å². The maximum Gasteiger partial charge on any atom is 0.573 e. The zero-order valence-electron chi connectivity index (χ0n) is 9.00. The molecular formula is C12H12F3NO. The molecule has 5 heteroatoms. The van der Waals surface area contributed by atoms with Crippen molar-refractivity contribution in [2.45, 2.75) is 25.2 Å². The Bertz CT molecular complexity index is 414. The van der Waals surface area contributed by atoms with Crippen LogP contribution in [0.2, 0.25) is 0 Å². The monoisotopic (exact) mass is 243 g/mol. The van der Waals surface area contributed by atoms with E-state index in [0.717, 1.165) is 18.4 Å². The summed E-state index contributed by atoms with van der Waals surface area (Å²) >= 11 is 0. The van der Waals surface area contributed by atoms with E-state index in [4.69, 9.17) is 5.73 Å². The minimum absolute atomic E-state index is 0.204. The summed E-state index contributed by atoms with van der Waals surface area (Å²) in [5, 5.41) is 0. The minimum Gasteiger partial charge on any atom is -0.406 e. The van der Waals surface area contributed by atoms with Gasteiger partial charge in [0.25, 0.3) is 0 Å². The molecule has 0 heterocycles. The average molecular weight is 243 g/mol. The SMILES string of the molecule is NC1CC(=Cc2ccc(OC(F)(F)F)cc2)C1. The quantitative estimate of drug-likeness (QED) is 0.866. The molecule has 0 amide bonds. The zero-order valence-corrected chi connectivity index (χ0v) is 9.00. The molecule has 1 saturated carbocycles. The highest BCUT2D eigenvalue weighted by molar-refractivity contribution is 5.55. The van der Waals surface area contributed by atoms with Crippen LogP contribution in [0.1, 0.15) is 18.4 Å². The van der Waals surface area contributed by atoms with E-state index in [1.54, 1.807) is 12.1 Å². The van der Waals surface area contributed by atoms with Gasteiger partial charge < -0.3 is 10.5 Å². The van der Waals surface area contributed by atoms with Gasteiger partial charge in [-0.15, -0.1) is 13.2 Å². The van der Waals surface area contributed by atoms with E-state index in [2.05, 4.69) is 4.74 Å². The molecule has 0 radical (unpaired) electrons. The molecule has 92 valence electrons. The third kappa shape index (κ3) is 3.49. The summed E-state index contributed by atoms with van der Waals surface area (Å²) in [6.45, 7) is 0. The first-order valence-electron chi connectivity index (χ1n) is 5.23. The van der Waals surface area contributed by atoms with Crippen LogP contribution in [0, 0.1) is 0 Å². The fraction of sp³-hybridized carbons (Fsp3) is 0.333. The third-order valence-electron chi connectivity index (χ3n) is 2.53. The van der Waals surface area contributed by atoms with Gasteiger partial charge in [0.2, 0.25) is 0 Å². The first-order chi connectivity index (χ1) is 7.92. The van der Waals surface area contributed by atoms with Crippen molar-refractivity contribution in [3.8, 4) is 5.75 Å². The Balaban J connectivity index is 2.01. The van der Waals surface area contributed by atoms with E-state index in [9.17, 15) is 13.2 Å². The van der Waals surface area contributed by atoms with Gasteiger partial charge >= 0.3 is 6.36 Å². The number of halogens is 3. The number of nitrogens with two attached hydrogens (primary N) is 1. The molecule has 0 aromatic heterocycles. The van der Waals surface area contributed by atoms with Crippen LogP contribution >= 0.6 is 0 Å². The molecule has 2 N–H and O–H groups in total. The van der Waals surface area contributed by atoms with E-state index in [1.165, 1.54) is 17.7 Å². The first-order valence-corrected chi connectivity index (χ1v) is 5.23. The van der Waals surface area contributed by atoms with Gasteiger partial charge in [0, 0.05) is 6.04 Å². The third-order valence-corrected chi connectivity index (χ3v) is 2.53. The number of ether oxygens (including phenoxy) is 1. The van der Waals surface area contributed by atoms with Gasteiger partial charge in [0.15, 0.2) is 0 Å². The largest absolute Gasteiger partial charge is 0.573 e. The lowest BCUT2D eigenvalue weighted by molar-refractivity contribution is -0.274. The predicted octanol–water partition coefficient (Wildman–Crippen LogP) is 3.09. The number of alkyl halides is 3. The molecule has 1 aliphatic carbocycles. The van der Waals surface area contributed by atoms with E-state index >= 15 is 0 Å². The van der Waals surface area contributed by atoms with E-state index in [1.807, 2.05) is 6.08 Å². The van der Waals surface area contributed by atoms with Gasteiger partial charge in [-0.2, -0.15) is 0 Å². The van der Waals surface area contributed by atoms with Gasteiger partial charge in [-0.25, -0.2) is 0 Å². The van der Waals surface area contributed by atoms with Crippen LogP contribution in [0.3, 0.4) is 0 Å². The maximum absolute atomic E-state index is 11.9. The Morgan fingerprint density at radius 1 is 1.18 bits per heavy atom. The zero-order chi connectivity index (χ0) is 12.5. The molecule has 1 aromatic rings. The van der Waals surface area contributed by atoms with Crippen LogP contribution in [0.25, 0.3) is 6.08 Å². The molecule has 2 rings (SSSR count). The second-order valence-electron chi connectivity index (χ2n) is 4.09. The van der Waals surface area contributed by atoms with Crippen molar-refractivity contribution in [3.63, 3.8) is 0 Å². The highest BCUT2D eigenvalue weighted by Gasteiger charge is 2.30. The van der Waals surface area contributed by atoms with E-state index < -0.39 is 6.36 Å². The molecule has 0 saturated heterocycles. The summed E-state index contributed by atoms with van der Waals surface area (Å²) in [5.41, 5.74) is 7.72. The lowest BCUT2D eigenvalue weighted by atomic mass is 9.86. The van der Waals surface area contributed by atoms with Crippen molar-refractivity contribution < 1.29 is 17.9 Å². The van der Waals surface area contributed by atoms with Crippen LogP contribution in [-0.2, 0) is 0 Å². The van der Waals surface area contributed by atoms with Crippen molar-refractivity contribution in [2.75, 3.05) is 0 Å². The molecule has 1 aliphatic rings. The standard InChI is InChI=1S/C12H12F3NO/c13-12(14,15)17-11-3-1-8(2-4-11)5-9-6-10(16)7-9/h1-5,10H,6-7,16H2. The van der Waals surface area contributed by atoms with Gasteiger partial charge in [-0.1, -0.05) is 23.8 Å². The van der Waals surface area contributed by atoms with Crippen LogP contribution in [-0.4, -0.2) is 12.4 Å². The molecule has 0 atom stereocenters. The van der Waals surface area contributed by atoms with E-state index in [-0.39, 0.29) is 11.8 Å². The Hall–Kier alpha value is -1.49. The number of benzene rings is 1. The van der Waals surface area contributed by atoms with Crippen molar-refractivity contribution in [3.05, 3.63) is 35.4 Å². The van der Waals surface area contributed by atoms with Gasteiger partial charge in [0.1, 0.15) is 5.75 Å². The summed E-state index contributed by atoms with van der Waals surface area (Å²) in [7, 11) is 0. The fourth-order valence-electron chi connectivity index (χ4n) is 1.73. The van der Waals surface area contributed by atoms with Crippen LogP contribution in [0.15, 0.2) is 29.8 Å². The number of rotatable bonds is 2. The van der Waals surface area contributed by atoms with Crippen molar-refractivity contribution in [1.82, 2.24) is 0 Å². The molecule has 2 nitrogen and oxygen atoms in total. The second-order valence-corrected chi connectivity index (χ2v) is 4.09. The van der Waals surface area contributed by atoms with Crippen LogP contribution < -0.4 is 10.5 Å². The normalized spacial score (nSPS) is 19.8. The lowest BCUT2D eigenvalue weighted by Gasteiger charge is -2.25. The molecule has 1 aromatic carbocycles. The smallest absolute Gasteiger partial charge is 0.406 e. The lowest BCUT2D eigenvalue weighted by Crippen LogP contribution is -2.29. The Morgan fingerprint density at radius 3 is 2.24 bits per heavy atom. The van der Waals surface area contributed by atoms with Crippen LogP contribution in [0.4, 0.5) is 13.2 Å². The highest BCUT2D eigenvalue weighted by atomic mass is 19.4. The average Bonchev–Trinajstić information content (AvgIpc) is 2.16. The molecule has 17 heavy (non-hydrogen) atoms. The summed E-state index contributed by atoms with van der Waals surface area (Å²) in [6, 6.07) is 6.03. The Morgan fingerprint density at radius 2 is 1.76 bits per heavy atom. The predicted molar refractivity (Wildman–Crippen MR) is 58.3 cm³/mol. The van der Waals surface area contributed by atoms with Crippen molar-refractivity contribution >= 4 is 6.08 Å². The van der Waals surface area contributed by atoms with E-state index in [0.29, 0.717) is 0 Å². The van der Waals surface area contributed by atoms with Gasteiger partial charge in [-0.05, 0) is 30.5 Å². The number of hydrogen-bond acceptors (Lipinski definition) is 2. The molecule has 0 unspecified atom stereocenters. The first kappa shape index (κ1) is 12.0. The maximum atomic E-state index is 11.9. The fourth-order valence-corrected chi connectivity index (χ4v) is 1.73. The topological polar surface area (TPSA) is 35.2 Å². The molecule has 0 bridgehead atoms. The Kier molecular flexibility index (Phi) is 3.11. The Labute approximate surface area is 96.9 Å². The van der Waals surface area contributed by atoms with Crippen molar-refractivity contribution in [1.29, 1.82) is 0 Å². The summed E-state index contributed by atoms with van der Waals surface area (Å²) in [4.78, 5) is 0. The summed E-state index contributed by atoms with van der Waals surface area (Å²) in [5.74, 6) is -0.204. The molecular weight excluding hydrogens is 231 g/mol. The summed E-state index contributed by atoms with van der Waals surface area (Å²) < 4.78 is 39.5. The second kappa shape index (κ2) is 4.41. The molecule has 0 spiro atoms. The van der Waals surface area contributed by atoms with Crippen molar-refractivity contribution in [2.24, 2.45) is 5.73 Å². The minimum atomic E-state index is -4.64. The summed E-state index contributed by atoms with van der Waals surface area (Å²) in [6.07, 6.45) is -0.969. The highest BCUT2D eigenvalue weighted by Crippen LogP contribution is 2.28. The van der Waals surface area contributed by atoms with Gasteiger partial charge in [-0.3, -0.25) is 0 Å². The number of hydrogen-bond donors (Lipinski definition) is 1. The molecule has 1 fully saturated rings. The van der Waals surface area contributed by atoms with Crippen LogP contribution in [0.5, 0.6) is 5.75 Å².